The first kappa shape index (κ1) is 19.4. The van der Waals surface area contributed by atoms with E-state index in [-0.39, 0.29) is 18.8 Å². The number of nitrogens with one attached hydrogen (secondary N) is 1. The largest absolute Gasteiger partial charge is 0.490 e. The van der Waals surface area contributed by atoms with E-state index < -0.39 is 0 Å². The van der Waals surface area contributed by atoms with Crippen LogP contribution in [0.15, 0.2) is 47.3 Å². The van der Waals surface area contributed by atoms with Crippen LogP contribution in [-0.2, 0) is 13.1 Å². The first-order valence-electron chi connectivity index (χ1n) is 9.30. The smallest absolute Gasteiger partial charge is 0.346 e. The van der Waals surface area contributed by atoms with Crippen molar-refractivity contribution in [1.82, 2.24) is 14.3 Å². The standard InChI is InChI=1S/C20H22FN5O2S/c1-13-16(3-4-17-19(13)23-6-7-28-17)18-5-2-15(29-18)11-25-12-24-26(20(25)27)10-14(8-21)9-22/h2-5,8,12,23H,6-7,9-11,22H2,1H3/b14-8+. The lowest BCUT2D eigenvalue weighted by Crippen LogP contribution is -2.26. The number of nitrogens with zero attached hydrogens (tertiary/aromatic N) is 3. The molecule has 0 fully saturated rings. The Balaban J connectivity index is 1.55. The third-order valence-corrected chi connectivity index (χ3v) is 6.01. The van der Waals surface area contributed by atoms with Gasteiger partial charge in [0, 0.05) is 22.8 Å². The van der Waals surface area contributed by atoms with E-state index >= 15 is 0 Å². The maximum Gasteiger partial charge on any atom is 0.346 e. The Morgan fingerprint density at radius 1 is 1.41 bits per heavy atom. The average molecular weight is 415 g/mol. The van der Waals surface area contributed by atoms with Crippen LogP contribution in [0.2, 0.25) is 0 Å². The summed E-state index contributed by atoms with van der Waals surface area (Å²) in [6, 6.07) is 8.13. The van der Waals surface area contributed by atoms with E-state index in [0.717, 1.165) is 38.9 Å². The van der Waals surface area contributed by atoms with E-state index in [1.54, 1.807) is 11.3 Å². The van der Waals surface area contributed by atoms with Crippen molar-refractivity contribution in [2.24, 2.45) is 5.73 Å². The van der Waals surface area contributed by atoms with Gasteiger partial charge in [-0.25, -0.2) is 13.9 Å². The highest BCUT2D eigenvalue weighted by Gasteiger charge is 2.17. The molecule has 7 nitrogen and oxygen atoms in total. The van der Waals surface area contributed by atoms with Crippen LogP contribution in [0.5, 0.6) is 5.75 Å². The number of anilines is 1. The van der Waals surface area contributed by atoms with Gasteiger partial charge in [-0.3, -0.25) is 4.57 Å². The van der Waals surface area contributed by atoms with E-state index in [0.29, 0.717) is 25.1 Å². The fraction of sp³-hybridized carbons (Fsp3) is 0.300. The van der Waals surface area contributed by atoms with Crippen molar-refractivity contribution in [2.45, 2.75) is 20.0 Å². The minimum atomic E-state index is -0.293. The number of halogens is 1. The molecule has 0 aliphatic carbocycles. The van der Waals surface area contributed by atoms with Crippen molar-refractivity contribution in [3.8, 4) is 16.2 Å². The van der Waals surface area contributed by atoms with Gasteiger partial charge in [0.25, 0.3) is 0 Å². The van der Waals surface area contributed by atoms with Crippen molar-refractivity contribution in [1.29, 1.82) is 0 Å². The lowest BCUT2D eigenvalue weighted by atomic mass is 10.0. The molecule has 0 spiro atoms. The number of ether oxygens (including phenoxy) is 1. The first-order chi connectivity index (χ1) is 14.1. The third-order valence-electron chi connectivity index (χ3n) is 4.91. The Hall–Kier alpha value is -2.91. The summed E-state index contributed by atoms with van der Waals surface area (Å²) in [5.41, 5.74) is 8.81. The van der Waals surface area contributed by atoms with Crippen molar-refractivity contribution in [2.75, 3.05) is 25.0 Å². The van der Waals surface area contributed by atoms with Crippen LogP contribution in [0.3, 0.4) is 0 Å². The molecule has 0 radical (unpaired) electrons. The van der Waals surface area contributed by atoms with E-state index in [4.69, 9.17) is 10.5 Å². The Morgan fingerprint density at radius 2 is 2.28 bits per heavy atom. The molecule has 29 heavy (non-hydrogen) atoms. The second kappa shape index (κ2) is 8.22. The fourth-order valence-electron chi connectivity index (χ4n) is 3.33. The summed E-state index contributed by atoms with van der Waals surface area (Å²) in [6.07, 6.45) is 1.90. The summed E-state index contributed by atoms with van der Waals surface area (Å²) in [7, 11) is 0. The van der Waals surface area contributed by atoms with Gasteiger partial charge in [0.05, 0.1) is 25.1 Å². The number of hydrogen-bond acceptors (Lipinski definition) is 6. The Labute approximate surface area is 171 Å². The number of benzene rings is 1. The van der Waals surface area contributed by atoms with Gasteiger partial charge in [-0.05, 0) is 47.9 Å². The maximum absolute atomic E-state index is 12.7. The zero-order chi connectivity index (χ0) is 20.4. The highest BCUT2D eigenvalue weighted by atomic mass is 32.1. The molecule has 4 rings (SSSR count). The average Bonchev–Trinajstić information content (AvgIpc) is 3.34. The molecule has 1 aromatic carbocycles. The quantitative estimate of drug-likeness (QED) is 0.647. The molecule has 2 aromatic heterocycles. The summed E-state index contributed by atoms with van der Waals surface area (Å²) >= 11 is 1.63. The van der Waals surface area contributed by atoms with Crippen LogP contribution in [0.25, 0.3) is 10.4 Å². The maximum atomic E-state index is 12.7. The van der Waals surface area contributed by atoms with Gasteiger partial charge in [-0.15, -0.1) is 11.3 Å². The van der Waals surface area contributed by atoms with E-state index in [2.05, 4.69) is 29.5 Å². The molecule has 0 saturated carbocycles. The molecule has 0 unspecified atom stereocenters. The molecular weight excluding hydrogens is 393 g/mol. The summed E-state index contributed by atoms with van der Waals surface area (Å²) in [6.45, 7) is 4.06. The van der Waals surface area contributed by atoms with Crippen LogP contribution in [-0.4, -0.2) is 34.0 Å². The minimum Gasteiger partial charge on any atom is -0.490 e. The number of aromatic nitrogens is 3. The summed E-state index contributed by atoms with van der Waals surface area (Å²) < 4.78 is 21.2. The van der Waals surface area contributed by atoms with Gasteiger partial charge < -0.3 is 15.8 Å². The number of rotatable bonds is 6. The molecule has 9 heteroatoms. The molecule has 3 heterocycles. The molecule has 0 atom stereocenters. The zero-order valence-electron chi connectivity index (χ0n) is 16.0. The van der Waals surface area contributed by atoms with Crippen molar-refractivity contribution in [3.05, 3.63) is 63.4 Å². The highest BCUT2D eigenvalue weighted by Crippen LogP contribution is 2.39. The number of thiophene rings is 1. The Kier molecular flexibility index (Phi) is 5.50. The Bertz CT molecular complexity index is 1110. The number of hydrogen-bond donors (Lipinski definition) is 2. The van der Waals surface area contributed by atoms with Crippen molar-refractivity contribution >= 4 is 17.0 Å². The third kappa shape index (κ3) is 3.83. The summed E-state index contributed by atoms with van der Waals surface area (Å²) in [5.74, 6) is 0.882. The molecule has 3 aromatic rings. The topological polar surface area (TPSA) is 87.1 Å². The van der Waals surface area contributed by atoms with Gasteiger partial charge in [0.15, 0.2) is 0 Å². The van der Waals surface area contributed by atoms with Crippen LogP contribution >= 0.6 is 11.3 Å². The molecule has 152 valence electrons. The highest BCUT2D eigenvalue weighted by molar-refractivity contribution is 7.15. The van der Waals surface area contributed by atoms with Gasteiger partial charge in [-0.2, -0.15) is 5.10 Å². The normalized spacial score (nSPS) is 13.7. The van der Waals surface area contributed by atoms with E-state index in [1.165, 1.54) is 15.6 Å². The van der Waals surface area contributed by atoms with Crippen LogP contribution < -0.4 is 21.5 Å². The van der Waals surface area contributed by atoms with Crippen molar-refractivity contribution in [3.63, 3.8) is 0 Å². The molecule has 0 bridgehead atoms. The van der Waals surface area contributed by atoms with Gasteiger partial charge in [-0.1, -0.05) is 0 Å². The van der Waals surface area contributed by atoms with E-state index in [9.17, 15) is 9.18 Å². The summed E-state index contributed by atoms with van der Waals surface area (Å²) in [4.78, 5) is 14.6. The SMILES string of the molecule is Cc1c(-c2ccc(Cn3cnn(C/C(=C/F)CN)c3=O)s2)ccc2c1NCCO2. The molecule has 0 saturated heterocycles. The van der Waals surface area contributed by atoms with Crippen LogP contribution in [0, 0.1) is 6.92 Å². The number of fused-ring (bicyclic) bond motifs is 1. The van der Waals surface area contributed by atoms with E-state index in [1.807, 2.05) is 12.1 Å². The van der Waals surface area contributed by atoms with Crippen molar-refractivity contribution < 1.29 is 9.13 Å². The van der Waals surface area contributed by atoms with Gasteiger partial charge >= 0.3 is 5.69 Å². The van der Waals surface area contributed by atoms with Gasteiger partial charge in [0.1, 0.15) is 18.7 Å². The van der Waals surface area contributed by atoms with Crippen LogP contribution in [0.4, 0.5) is 10.1 Å². The lowest BCUT2D eigenvalue weighted by Gasteiger charge is -2.22. The predicted octanol–water partition coefficient (Wildman–Crippen LogP) is 2.75. The zero-order valence-corrected chi connectivity index (χ0v) is 16.8. The predicted molar refractivity (Wildman–Crippen MR) is 112 cm³/mol. The van der Waals surface area contributed by atoms with Crippen LogP contribution in [0.1, 0.15) is 10.4 Å². The molecule has 1 aliphatic rings. The summed E-state index contributed by atoms with van der Waals surface area (Å²) in [5, 5.41) is 7.47. The lowest BCUT2D eigenvalue weighted by molar-refractivity contribution is 0.323. The monoisotopic (exact) mass is 415 g/mol. The fourth-order valence-corrected chi connectivity index (χ4v) is 4.42. The second-order valence-electron chi connectivity index (χ2n) is 6.82. The second-order valence-corrected chi connectivity index (χ2v) is 7.99. The minimum absolute atomic E-state index is 0.0457. The first-order valence-corrected chi connectivity index (χ1v) is 10.1. The molecule has 3 N–H and O–H groups in total. The van der Waals surface area contributed by atoms with Gasteiger partial charge in [0.2, 0.25) is 0 Å². The number of nitrogens with two attached hydrogens (primary N) is 1. The molecule has 1 aliphatic heterocycles. The molecule has 0 amide bonds. The Morgan fingerprint density at radius 3 is 3.07 bits per heavy atom. The molecular formula is C20H22FN5O2S.